The van der Waals surface area contributed by atoms with Gasteiger partial charge >= 0.3 is 0 Å². The van der Waals surface area contributed by atoms with Gasteiger partial charge in [0, 0.05) is 6.54 Å². The molecule has 0 spiro atoms. The van der Waals surface area contributed by atoms with Crippen molar-refractivity contribution in [3.8, 4) is 5.75 Å². The molecular formula is C16H24N2O2. The molecule has 1 amide bonds. The highest BCUT2D eigenvalue weighted by molar-refractivity contribution is 5.86. The second-order valence-corrected chi connectivity index (χ2v) is 5.63. The fraction of sp³-hybridized carbons (Fsp3) is 0.562. The zero-order valence-electron chi connectivity index (χ0n) is 12.2. The van der Waals surface area contributed by atoms with Crippen molar-refractivity contribution in [2.75, 3.05) is 13.2 Å². The Morgan fingerprint density at radius 2 is 1.95 bits per heavy atom. The van der Waals surface area contributed by atoms with Crippen molar-refractivity contribution >= 4 is 5.91 Å². The Hall–Kier alpha value is -1.55. The molecule has 0 aliphatic heterocycles. The topological polar surface area (TPSA) is 64.3 Å². The number of aryl methyl sites for hydroxylation is 1. The number of hydrogen-bond acceptors (Lipinski definition) is 3. The normalized spacial score (nSPS) is 16.9. The van der Waals surface area contributed by atoms with Crippen molar-refractivity contribution in [1.82, 2.24) is 5.32 Å². The smallest absolute Gasteiger partial charge is 0.240 e. The molecular weight excluding hydrogens is 252 g/mol. The maximum atomic E-state index is 12.0. The van der Waals surface area contributed by atoms with Crippen LogP contribution in [-0.2, 0) is 4.79 Å². The molecule has 1 aromatic carbocycles. The molecule has 1 aliphatic carbocycles. The van der Waals surface area contributed by atoms with Crippen LogP contribution in [0.1, 0.15) is 37.7 Å². The summed E-state index contributed by atoms with van der Waals surface area (Å²) in [6, 6.07) is 7.97. The van der Waals surface area contributed by atoms with Crippen LogP contribution in [0.4, 0.5) is 0 Å². The number of ether oxygens (including phenoxy) is 1. The predicted molar refractivity (Wildman–Crippen MR) is 79.7 cm³/mol. The van der Waals surface area contributed by atoms with Crippen LogP contribution in [0.2, 0.25) is 0 Å². The van der Waals surface area contributed by atoms with Crippen LogP contribution < -0.4 is 15.8 Å². The van der Waals surface area contributed by atoms with E-state index in [0.29, 0.717) is 13.2 Å². The van der Waals surface area contributed by atoms with Gasteiger partial charge < -0.3 is 15.8 Å². The standard InChI is InChI=1S/C16H24N2O2/c1-13-5-7-14(8-6-13)20-12-4-11-18-15(19)16(17)9-2-3-10-16/h5-8H,2-4,9-12,17H2,1H3,(H,18,19). The number of nitrogens with two attached hydrogens (primary N) is 1. The minimum atomic E-state index is -0.627. The monoisotopic (exact) mass is 276 g/mol. The van der Waals surface area contributed by atoms with Gasteiger partial charge in [-0.2, -0.15) is 0 Å². The molecule has 0 heterocycles. The Kier molecular flexibility index (Phi) is 5.01. The summed E-state index contributed by atoms with van der Waals surface area (Å²) in [6.45, 7) is 3.26. The summed E-state index contributed by atoms with van der Waals surface area (Å²) in [7, 11) is 0. The van der Waals surface area contributed by atoms with E-state index in [-0.39, 0.29) is 5.91 Å². The molecule has 4 nitrogen and oxygen atoms in total. The third-order valence-corrected chi connectivity index (χ3v) is 3.84. The fourth-order valence-electron chi connectivity index (χ4n) is 2.51. The highest BCUT2D eigenvalue weighted by Crippen LogP contribution is 2.27. The van der Waals surface area contributed by atoms with Gasteiger partial charge in [-0.05, 0) is 38.3 Å². The average molecular weight is 276 g/mol. The van der Waals surface area contributed by atoms with Crippen LogP contribution in [-0.4, -0.2) is 24.6 Å². The molecule has 20 heavy (non-hydrogen) atoms. The van der Waals surface area contributed by atoms with E-state index < -0.39 is 5.54 Å². The molecule has 1 fully saturated rings. The van der Waals surface area contributed by atoms with Gasteiger partial charge in [-0.1, -0.05) is 30.5 Å². The first-order valence-electron chi connectivity index (χ1n) is 7.37. The van der Waals surface area contributed by atoms with Gasteiger partial charge in [-0.25, -0.2) is 0 Å². The second-order valence-electron chi connectivity index (χ2n) is 5.63. The van der Waals surface area contributed by atoms with Crippen LogP contribution in [0.15, 0.2) is 24.3 Å². The molecule has 0 saturated heterocycles. The van der Waals surface area contributed by atoms with Crippen LogP contribution >= 0.6 is 0 Å². The lowest BCUT2D eigenvalue weighted by atomic mass is 9.98. The number of rotatable bonds is 6. The number of amides is 1. The second kappa shape index (κ2) is 6.75. The minimum absolute atomic E-state index is 0.00895. The van der Waals surface area contributed by atoms with Crippen LogP contribution in [0.3, 0.4) is 0 Å². The molecule has 4 heteroatoms. The van der Waals surface area contributed by atoms with Crippen molar-refractivity contribution in [2.45, 2.75) is 44.6 Å². The summed E-state index contributed by atoms with van der Waals surface area (Å²) < 4.78 is 5.61. The first-order valence-corrected chi connectivity index (χ1v) is 7.37. The Morgan fingerprint density at radius 3 is 2.60 bits per heavy atom. The number of carbonyl (C=O) groups is 1. The van der Waals surface area contributed by atoms with E-state index in [1.165, 1.54) is 5.56 Å². The van der Waals surface area contributed by atoms with Crippen LogP contribution in [0.5, 0.6) is 5.75 Å². The first kappa shape index (κ1) is 14.9. The predicted octanol–water partition coefficient (Wildman–Crippen LogP) is 2.15. The van der Waals surface area contributed by atoms with Crippen molar-refractivity contribution in [1.29, 1.82) is 0 Å². The zero-order valence-corrected chi connectivity index (χ0v) is 12.2. The van der Waals surface area contributed by atoms with Gasteiger partial charge in [-0.15, -0.1) is 0 Å². The third-order valence-electron chi connectivity index (χ3n) is 3.84. The molecule has 0 bridgehead atoms. The third kappa shape index (κ3) is 3.97. The molecule has 3 N–H and O–H groups in total. The van der Waals surface area contributed by atoms with E-state index in [0.717, 1.165) is 37.9 Å². The number of carbonyl (C=O) groups excluding carboxylic acids is 1. The lowest BCUT2D eigenvalue weighted by Crippen LogP contribution is -2.52. The minimum Gasteiger partial charge on any atom is -0.494 e. The highest BCUT2D eigenvalue weighted by atomic mass is 16.5. The molecule has 0 unspecified atom stereocenters. The molecule has 1 saturated carbocycles. The number of hydrogen-bond donors (Lipinski definition) is 2. The lowest BCUT2D eigenvalue weighted by molar-refractivity contribution is -0.126. The van der Waals surface area contributed by atoms with Gasteiger partial charge in [0.05, 0.1) is 12.1 Å². The quantitative estimate of drug-likeness (QED) is 0.783. The molecule has 110 valence electrons. The van der Waals surface area contributed by atoms with E-state index in [2.05, 4.69) is 5.32 Å². The van der Waals surface area contributed by atoms with Gasteiger partial charge in [-0.3, -0.25) is 4.79 Å². The Balaban J connectivity index is 1.62. The number of benzene rings is 1. The zero-order chi connectivity index (χ0) is 14.4. The SMILES string of the molecule is Cc1ccc(OCCCNC(=O)C2(N)CCCC2)cc1. The molecule has 1 aliphatic rings. The maximum Gasteiger partial charge on any atom is 0.240 e. The highest BCUT2D eigenvalue weighted by Gasteiger charge is 2.36. The Bertz CT molecular complexity index is 436. The summed E-state index contributed by atoms with van der Waals surface area (Å²) in [6.07, 6.45) is 4.51. The van der Waals surface area contributed by atoms with Crippen LogP contribution in [0, 0.1) is 6.92 Å². The van der Waals surface area contributed by atoms with Crippen molar-refractivity contribution in [3.63, 3.8) is 0 Å². The maximum absolute atomic E-state index is 12.0. The first-order chi connectivity index (χ1) is 9.60. The largest absolute Gasteiger partial charge is 0.494 e. The van der Waals surface area contributed by atoms with E-state index in [1.54, 1.807) is 0 Å². The van der Waals surface area contributed by atoms with Crippen molar-refractivity contribution in [3.05, 3.63) is 29.8 Å². The molecule has 2 rings (SSSR count). The Labute approximate surface area is 120 Å². The van der Waals surface area contributed by atoms with Crippen molar-refractivity contribution in [2.24, 2.45) is 5.73 Å². The van der Waals surface area contributed by atoms with Gasteiger partial charge in [0.25, 0.3) is 0 Å². The Morgan fingerprint density at radius 1 is 1.30 bits per heavy atom. The number of nitrogens with one attached hydrogen (secondary N) is 1. The summed E-state index contributed by atoms with van der Waals surface area (Å²) >= 11 is 0. The molecule has 1 aromatic rings. The molecule has 0 aromatic heterocycles. The van der Waals surface area contributed by atoms with E-state index >= 15 is 0 Å². The lowest BCUT2D eigenvalue weighted by Gasteiger charge is -2.22. The average Bonchev–Trinajstić information content (AvgIpc) is 2.88. The van der Waals surface area contributed by atoms with Crippen LogP contribution in [0.25, 0.3) is 0 Å². The van der Waals surface area contributed by atoms with Crippen molar-refractivity contribution < 1.29 is 9.53 Å². The molecule has 0 atom stereocenters. The summed E-state index contributed by atoms with van der Waals surface area (Å²) in [5.41, 5.74) is 6.67. The fourth-order valence-corrected chi connectivity index (χ4v) is 2.51. The van der Waals surface area contributed by atoms with E-state index in [4.69, 9.17) is 10.5 Å². The molecule has 0 radical (unpaired) electrons. The van der Waals surface area contributed by atoms with E-state index in [9.17, 15) is 4.79 Å². The summed E-state index contributed by atoms with van der Waals surface area (Å²) in [4.78, 5) is 12.0. The van der Waals surface area contributed by atoms with Gasteiger partial charge in [0.1, 0.15) is 5.75 Å². The van der Waals surface area contributed by atoms with Gasteiger partial charge in [0.2, 0.25) is 5.91 Å². The van der Waals surface area contributed by atoms with E-state index in [1.807, 2.05) is 31.2 Å². The van der Waals surface area contributed by atoms with Gasteiger partial charge in [0.15, 0.2) is 0 Å². The summed E-state index contributed by atoms with van der Waals surface area (Å²) in [5, 5.41) is 2.92. The summed E-state index contributed by atoms with van der Waals surface area (Å²) in [5.74, 6) is 0.860.